The molecule has 0 saturated heterocycles. The van der Waals surface area contributed by atoms with Crippen molar-refractivity contribution in [3.05, 3.63) is 0 Å². The predicted molar refractivity (Wildman–Crippen MR) is 72.3 cm³/mol. The van der Waals surface area contributed by atoms with E-state index in [1.165, 1.54) is 6.92 Å². The van der Waals surface area contributed by atoms with Crippen LogP contribution in [-0.4, -0.2) is 42.8 Å². The summed E-state index contributed by atoms with van der Waals surface area (Å²) in [6.07, 6.45) is 0.413. The first-order valence-electron chi connectivity index (χ1n) is 6.32. The zero-order chi connectivity index (χ0) is 15.7. The van der Waals surface area contributed by atoms with Crippen molar-refractivity contribution in [2.24, 2.45) is 11.7 Å². The monoisotopic (exact) mass is 286 g/mol. The van der Waals surface area contributed by atoms with Gasteiger partial charge >= 0.3 is 0 Å². The average molecular weight is 286 g/mol. The van der Waals surface area contributed by atoms with Gasteiger partial charge in [-0.25, -0.2) is 0 Å². The lowest BCUT2D eigenvalue weighted by Gasteiger charge is -2.19. The Labute approximate surface area is 117 Å². The quantitative estimate of drug-likeness (QED) is 0.421. The summed E-state index contributed by atoms with van der Waals surface area (Å²) >= 11 is 0. The zero-order valence-electron chi connectivity index (χ0n) is 12.0. The molecule has 0 aliphatic carbocycles. The number of nitrogens with one attached hydrogen (secondary N) is 3. The molecule has 1 unspecified atom stereocenters. The molecule has 0 heterocycles. The molecule has 0 aromatic carbocycles. The highest BCUT2D eigenvalue weighted by molar-refractivity contribution is 5.91. The minimum absolute atomic E-state index is 0.167. The smallest absolute Gasteiger partial charge is 0.243 e. The molecule has 0 aliphatic heterocycles. The van der Waals surface area contributed by atoms with Gasteiger partial charge in [0.05, 0.1) is 13.1 Å². The van der Waals surface area contributed by atoms with Crippen LogP contribution >= 0.6 is 0 Å². The van der Waals surface area contributed by atoms with Gasteiger partial charge < -0.3 is 21.7 Å². The molecule has 0 aliphatic rings. The van der Waals surface area contributed by atoms with Crippen LogP contribution in [0.25, 0.3) is 0 Å². The number of carbonyl (C=O) groups excluding carboxylic acids is 4. The van der Waals surface area contributed by atoms with Gasteiger partial charge in [0.2, 0.25) is 23.6 Å². The van der Waals surface area contributed by atoms with E-state index in [0.29, 0.717) is 6.42 Å². The summed E-state index contributed by atoms with van der Waals surface area (Å²) in [6.45, 7) is 4.60. The van der Waals surface area contributed by atoms with Gasteiger partial charge in [0, 0.05) is 6.92 Å². The van der Waals surface area contributed by atoms with Crippen molar-refractivity contribution in [1.82, 2.24) is 16.0 Å². The fourth-order valence-electron chi connectivity index (χ4n) is 1.45. The highest BCUT2D eigenvalue weighted by Crippen LogP contribution is 2.04. The molecule has 0 bridgehead atoms. The lowest BCUT2D eigenvalue weighted by molar-refractivity contribution is -0.130. The molecule has 0 aromatic heterocycles. The first-order chi connectivity index (χ1) is 9.22. The predicted octanol–water partition coefficient (Wildman–Crippen LogP) is -1.75. The van der Waals surface area contributed by atoms with E-state index in [2.05, 4.69) is 16.0 Å². The van der Waals surface area contributed by atoms with Crippen molar-refractivity contribution in [3.8, 4) is 0 Å². The van der Waals surface area contributed by atoms with Crippen molar-refractivity contribution in [2.75, 3.05) is 13.1 Å². The van der Waals surface area contributed by atoms with E-state index in [4.69, 9.17) is 5.73 Å². The summed E-state index contributed by atoms with van der Waals surface area (Å²) in [4.78, 5) is 44.7. The Bertz CT molecular complexity index is 382. The number of hydrogen-bond acceptors (Lipinski definition) is 4. The van der Waals surface area contributed by atoms with E-state index in [1.807, 2.05) is 13.8 Å². The Morgan fingerprint density at radius 3 is 2.10 bits per heavy atom. The highest BCUT2D eigenvalue weighted by atomic mass is 16.2. The molecule has 0 fully saturated rings. The lowest BCUT2D eigenvalue weighted by atomic mass is 10.0. The van der Waals surface area contributed by atoms with E-state index < -0.39 is 23.8 Å². The SMILES string of the molecule is CC(=O)NCC(=O)NC(CC(C)C)C(=O)NCC(N)=O. The van der Waals surface area contributed by atoms with Crippen molar-refractivity contribution in [1.29, 1.82) is 0 Å². The Morgan fingerprint density at radius 2 is 1.65 bits per heavy atom. The number of amides is 4. The van der Waals surface area contributed by atoms with Gasteiger partial charge in [-0.15, -0.1) is 0 Å². The van der Waals surface area contributed by atoms with Crippen LogP contribution < -0.4 is 21.7 Å². The molecular weight excluding hydrogens is 264 g/mol. The van der Waals surface area contributed by atoms with Crippen LogP contribution in [0, 0.1) is 5.92 Å². The third-order valence-electron chi connectivity index (χ3n) is 2.29. The fourth-order valence-corrected chi connectivity index (χ4v) is 1.45. The third kappa shape index (κ3) is 8.90. The van der Waals surface area contributed by atoms with Crippen LogP contribution in [0.5, 0.6) is 0 Å². The van der Waals surface area contributed by atoms with Crippen molar-refractivity contribution >= 4 is 23.6 Å². The summed E-state index contributed by atoms with van der Waals surface area (Å²) in [5, 5.41) is 7.19. The fraction of sp³-hybridized carbons (Fsp3) is 0.667. The van der Waals surface area contributed by atoms with E-state index in [9.17, 15) is 19.2 Å². The van der Waals surface area contributed by atoms with Crippen LogP contribution in [0.2, 0.25) is 0 Å². The Kier molecular flexibility index (Phi) is 7.95. The van der Waals surface area contributed by atoms with Crippen LogP contribution in [0.1, 0.15) is 27.2 Å². The molecule has 5 N–H and O–H groups in total. The van der Waals surface area contributed by atoms with Gasteiger partial charge in [0.15, 0.2) is 0 Å². The normalized spacial score (nSPS) is 11.6. The van der Waals surface area contributed by atoms with E-state index in [1.54, 1.807) is 0 Å². The van der Waals surface area contributed by atoms with Crippen molar-refractivity contribution in [3.63, 3.8) is 0 Å². The highest BCUT2D eigenvalue weighted by Gasteiger charge is 2.21. The summed E-state index contributed by atoms with van der Waals surface area (Å²) in [6, 6.07) is -0.768. The molecule has 114 valence electrons. The van der Waals surface area contributed by atoms with Crippen LogP contribution in [0.15, 0.2) is 0 Å². The standard InChI is InChI=1S/C12H22N4O4/c1-7(2)4-9(12(20)15-5-10(13)18)16-11(19)6-14-8(3)17/h7,9H,4-6H2,1-3H3,(H2,13,18)(H,14,17)(H,15,20)(H,16,19). The first kappa shape index (κ1) is 17.9. The average Bonchev–Trinajstić information content (AvgIpc) is 2.32. The first-order valence-corrected chi connectivity index (χ1v) is 6.32. The van der Waals surface area contributed by atoms with Crippen molar-refractivity contribution in [2.45, 2.75) is 33.2 Å². The molecule has 1 atom stereocenters. The molecule has 0 rings (SSSR count). The van der Waals surface area contributed by atoms with Gasteiger partial charge in [-0.05, 0) is 12.3 Å². The van der Waals surface area contributed by atoms with Crippen LogP contribution in [0.3, 0.4) is 0 Å². The topological polar surface area (TPSA) is 130 Å². The summed E-state index contributed by atoms with van der Waals surface area (Å²) < 4.78 is 0. The largest absolute Gasteiger partial charge is 0.368 e. The maximum atomic E-state index is 11.8. The molecule has 4 amide bonds. The Balaban J connectivity index is 4.46. The minimum Gasteiger partial charge on any atom is -0.368 e. The summed E-state index contributed by atoms with van der Waals surface area (Å²) in [5.41, 5.74) is 4.94. The van der Waals surface area contributed by atoms with E-state index >= 15 is 0 Å². The minimum atomic E-state index is -0.768. The number of carbonyl (C=O) groups is 4. The molecule has 0 aromatic rings. The third-order valence-corrected chi connectivity index (χ3v) is 2.29. The Morgan fingerprint density at radius 1 is 1.05 bits per heavy atom. The van der Waals surface area contributed by atoms with Gasteiger partial charge in [-0.3, -0.25) is 19.2 Å². The lowest BCUT2D eigenvalue weighted by Crippen LogP contribution is -2.51. The maximum Gasteiger partial charge on any atom is 0.243 e. The maximum absolute atomic E-state index is 11.8. The summed E-state index contributed by atoms with van der Waals surface area (Å²) in [5.74, 6) is -1.78. The number of hydrogen-bond donors (Lipinski definition) is 4. The molecular formula is C12H22N4O4. The van der Waals surface area contributed by atoms with Crippen LogP contribution in [-0.2, 0) is 19.2 Å². The molecule has 20 heavy (non-hydrogen) atoms. The van der Waals surface area contributed by atoms with Crippen molar-refractivity contribution < 1.29 is 19.2 Å². The van der Waals surface area contributed by atoms with E-state index in [0.717, 1.165) is 0 Å². The van der Waals surface area contributed by atoms with Gasteiger partial charge in [0.25, 0.3) is 0 Å². The molecule has 0 spiro atoms. The zero-order valence-corrected chi connectivity index (χ0v) is 12.0. The molecule has 0 radical (unpaired) electrons. The van der Waals surface area contributed by atoms with Gasteiger partial charge in [-0.1, -0.05) is 13.8 Å². The molecule has 8 nitrogen and oxygen atoms in total. The number of rotatable bonds is 8. The summed E-state index contributed by atoms with van der Waals surface area (Å²) in [7, 11) is 0. The number of primary amides is 1. The van der Waals surface area contributed by atoms with Crippen LogP contribution in [0.4, 0.5) is 0 Å². The second-order valence-electron chi connectivity index (χ2n) is 4.84. The second-order valence-corrected chi connectivity index (χ2v) is 4.84. The van der Waals surface area contributed by atoms with Gasteiger partial charge in [-0.2, -0.15) is 0 Å². The molecule has 8 heteroatoms. The Hall–Kier alpha value is -2.12. The number of nitrogens with two attached hydrogens (primary N) is 1. The molecule has 0 saturated carbocycles. The second kappa shape index (κ2) is 8.89. The van der Waals surface area contributed by atoms with Gasteiger partial charge in [0.1, 0.15) is 6.04 Å². The van der Waals surface area contributed by atoms with E-state index in [-0.39, 0.29) is 24.9 Å².